The van der Waals surface area contributed by atoms with E-state index in [0.29, 0.717) is 14.9 Å². The first-order valence-electron chi connectivity index (χ1n) is 10.3. The number of fused-ring (bicyclic) bond motifs is 3. The summed E-state index contributed by atoms with van der Waals surface area (Å²) in [7, 11) is 0. The third-order valence-electron chi connectivity index (χ3n) is 6.34. The Morgan fingerprint density at radius 3 is 2.50 bits per heavy atom. The van der Waals surface area contributed by atoms with Crippen molar-refractivity contribution in [2.45, 2.75) is 33.9 Å². The highest BCUT2D eigenvalue weighted by molar-refractivity contribution is 8.00. The molecular weight excluding hydrogens is 487 g/mol. The van der Waals surface area contributed by atoms with Crippen LogP contribution in [0.2, 0.25) is 10.0 Å². The van der Waals surface area contributed by atoms with E-state index in [-0.39, 0.29) is 39.1 Å². The van der Waals surface area contributed by atoms with Crippen molar-refractivity contribution in [1.29, 1.82) is 0 Å². The van der Waals surface area contributed by atoms with Crippen LogP contribution in [0.4, 0.5) is 11.4 Å². The van der Waals surface area contributed by atoms with E-state index in [1.807, 2.05) is 30.3 Å². The first-order chi connectivity index (χ1) is 15.4. The Morgan fingerprint density at radius 1 is 1.03 bits per heavy atom. The number of rotatable bonds is 4. The van der Waals surface area contributed by atoms with E-state index in [1.165, 1.54) is 23.4 Å². The Balaban J connectivity index is 1.56. The van der Waals surface area contributed by atoms with Gasteiger partial charge in [0.15, 0.2) is 0 Å². The summed E-state index contributed by atoms with van der Waals surface area (Å²) in [4.78, 5) is 11.8. The lowest BCUT2D eigenvalue weighted by Gasteiger charge is -2.39. The lowest BCUT2D eigenvalue weighted by atomic mass is 9.77. The fraction of sp³-hybridized carbons (Fsp3) is 0.250. The molecule has 8 heteroatoms. The molecule has 0 unspecified atom stereocenters. The maximum atomic E-state index is 11.5. The molecule has 1 aliphatic heterocycles. The molecule has 1 N–H and O–H groups in total. The number of nitrogens with zero attached hydrogens (tertiary/aromatic N) is 1. The van der Waals surface area contributed by atoms with Crippen molar-refractivity contribution in [1.82, 2.24) is 0 Å². The number of nitro groups is 1. The summed E-state index contributed by atoms with van der Waals surface area (Å²) in [6, 6.07) is 20.8. The lowest BCUT2D eigenvalue weighted by molar-refractivity contribution is -0.387. The molecule has 164 valence electrons. The predicted molar refractivity (Wildman–Crippen MR) is 132 cm³/mol. The molecule has 0 spiro atoms. The molecule has 1 fully saturated rings. The van der Waals surface area contributed by atoms with Gasteiger partial charge < -0.3 is 5.32 Å². The van der Waals surface area contributed by atoms with E-state index in [0.717, 1.165) is 17.7 Å². The van der Waals surface area contributed by atoms with Crippen molar-refractivity contribution in [2.24, 2.45) is 5.92 Å². The van der Waals surface area contributed by atoms with Crippen LogP contribution >= 0.6 is 46.6 Å². The largest absolute Gasteiger partial charge is 0.376 e. The van der Waals surface area contributed by atoms with Gasteiger partial charge in [-0.3, -0.25) is 10.1 Å². The smallest absolute Gasteiger partial charge is 0.282 e. The summed E-state index contributed by atoms with van der Waals surface area (Å²) in [6.07, 6.45) is 0.811. The number of nitro benzene ring substituents is 1. The zero-order chi connectivity index (χ0) is 22.4. The van der Waals surface area contributed by atoms with Crippen molar-refractivity contribution < 1.29 is 4.92 Å². The second-order valence-corrected chi connectivity index (χ2v) is 10.8. The standard InChI is InChI=1S/C24H19Cl3N2O2S/c25-14-10-15-21-16(23(13-6-2-1-3-7-13)28-24(15)17(26)11-14)12-20(22(21)27)32-19-9-5-4-8-18(19)29(30)31/h1-11,16,20-23,28H,12H2/t16-,20-,21+,22-,23-/m0/s1. The van der Waals surface area contributed by atoms with Gasteiger partial charge in [0.1, 0.15) is 0 Å². The molecule has 5 rings (SSSR count). The van der Waals surface area contributed by atoms with Crippen molar-refractivity contribution in [3.8, 4) is 0 Å². The zero-order valence-corrected chi connectivity index (χ0v) is 19.8. The first kappa shape index (κ1) is 21.9. The Bertz CT molecular complexity index is 1180. The van der Waals surface area contributed by atoms with Crippen LogP contribution < -0.4 is 5.32 Å². The summed E-state index contributed by atoms with van der Waals surface area (Å²) < 4.78 is 0. The average Bonchev–Trinajstić information content (AvgIpc) is 3.10. The number of benzene rings is 3. The molecule has 1 aliphatic carbocycles. The third kappa shape index (κ3) is 3.86. The van der Waals surface area contributed by atoms with Gasteiger partial charge in [-0.25, -0.2) is 0 Å². The molecule has 5 atom stereocenters. The normalized spacial score (nSPS) is 26.2. The maximum absolute atomic E-state index is 11.5. The molecule has 1 heterocycles. The van der Waals surface area contributed by atoms with Gasteiger partial charge >= 0.3 is 0 Å². The number of nitrogens with one attached hydrogen (secondary N) is 1. The number of hydrogen-bond donors (Lipinski definition) is 1. The summed E-state index contributed by atoms with van der Waals surface area (Å²) >= 11 is 21.6. The summed E-state index contributed by atoms with van der Waals surface area (Å²) in [5.74, 6) is 0.219. The molecule has 0 amide bonds. The molecule has 3 aromatic carbocycles. The van der Waals surface area contributed by atoms with E-state index in [1.54, 1.807) is 18.2 Å². The van der Waals surface area contributed by atoms with Crippen LogP contribution in [0.1, 0.15) is 29.5 Å². The third-order valence-corrected chi connectivity index (χ3v) is 8.96. The summed E-state index contributed by atoms with van der Waals surface area (Å²) in [5, 5.41) is 16.1. The highest BCUT2D eigenvalue weighted by Gasteiger charge is 2.50. The second-order valence-electron chi connectivity index (χ2n) is 8.14. The van der Waals surface area contributed by atoms with Gasteiger partial charge in [-0.1, -0.05) is 65.7 Å². The minimum absolute atomic E-state index is 0.00415. The molecule has 4 nitrogen and oxygen atoms in total. The van der Waals surface area contributed by atoms with Crippen LogP contribution in [-0.2, 0) is 0 Å². The van der Waals surface area contributed by atoms with Crippen LogP contribution in [0.25, 0.3) is 0 Å². The van der Waals surface area contributed by atoms with Crippen molar-refractivity contribution in [2.75, 3.05) is 5.32 Å². The number of anilines is 1. The zero-order valence-electron chi connectivity index (χ0n) is 16.8. The Kier molecular flexibility index (Phi) is 6.01. The first-order valence-corrected chi connectivity index (χ1v) is 12.4. The van der Waals surface area contributed by atoms with E-state index >= 15 is 0 Å². The van der Waals surface area contributed by atoms with Crippen molar-refractivity contribution in [3.05, 3.63) is 98.0 Å². The summed E-state index contributed by atoms with van der Waals surface area (Å²) in [5.41, 5.74) is 3.17. The number of para-hydroxylation sites is 1. The molecule has 0 radical (unpaired) electrons. The van der Waals surface area contributed by atoms with Gasteiger partial charge in [0.25, 0.3) is 5.69 Å². The highest BCUT2D eigenvalue weighted by Crippen LogP contribution is 2.59. The molecule has 0 saturated heterocycles. The van der Waals surface area contributed by atoms with Gasteiger partial charge in [-0.05, 0) is 41.7 Å². The van der Waals surface area contributed by atoms with Crippen molar-refractivity contribution in [3.63, 3.8) is 0 Å². The van der Waals surface area contributed by atoms with Gasteiger partial charge in [0.05, 0.1) is 31.9 Å². The Labute approximate surface area is 205 Å². The van der Waals surface area contributed by atoms with Crippen LogP contribution in [0.5, 0.6) is 0 Å². The maximum Gasteiger partial charge on any atom is 0.282 e. The molecule has 2 aliphatic rings. The van der Waals surface area contributed by atoms with E-state index < -0.39 is 0 Å². The van der Waals surface area contributed by atoms with Crippen molar-refractivity contribution >= 4 is 57.9 Å². The number of halogens is 3. The van der Waals surface area contributed by atoms with Crippen LogP contribution in [-0.4, -0.2) is 15.6 Å². The van der Waals surface area contributed by atoms with Crippen LogP contribution in [0.3, 0.4) is 0 Å². The highest BCUT2D eigenvalue weighted by atomic mass is 35.5. The quantitative estimate of drug-likeness (QED) is 0.222. The van der Waals surface area contributed by atoms with E-state index in [4.69, 9.17) is 34.8 Å². The molecular formula is C24H19Cl3N2O2S. The Hall–Kier alpha value is -1.92. The fourth-order valence-electron chi connectivity index (χ4n) is 5.00. The molecule has 1 saturated carbocycles. The molecule has 3 aromatic rings. The minimum Gasteiger partial charge on any atom is -0.376 e. The topological polar surface area (TPSA) is 55.2 Å². The van der Waals surface area contributed by atoms with Crippen LogP contribution in [0.15, 0.2) is 71.6 Å². The fourth-order valence-corrected chi connectivity index (χ4v) is 7.51. The van der Waals surface area contributed by atoms with Gasteiger partial charge in [0, 0.05) is 22.3 Å². The molecule has 0 aromatic heterocycles. The SMILES string of the molecule is O=[N+]([O-])c1ccccc1S[C@H]1C[C@H]2[C@@H](c3cc(Cl)cc(Cl)c3N[C@H]2c2ccccc2)[C@H]1Cl. The summed E-state index contributed by atoms with van der Waals surface area (Å²) in [6.45, 7) is 0. The van der Waals surface area contributed by atoms with Gasteiger partial charge in [-0.2, -0.15) is 0 Å². The Morgan fingerprint density at radius 2 is 1.75 bits per heavy atom. The predicted octanol–water partition coefficient (Wildman–Crippen LogP) is 7.94. The number of hydrogen-bond acceptors (Lipinski definition) is 4. The second kappa shape index (κ2) is 8.79. The van der Waals surface area contributed by atoms with E-state index in [2.05, 4.69) is 17.4 Å². The van der Waals surface area contributed by atoms with E-state index in [9.17, 15) is 10.1 Å². The minimum atomic E-state index is -0.337. The number of alkyl halides is 1. The van der Waals surface area contributed by atoms with Gasteiger partial charge in [-0.15, -0.1) is 23.4 Å². The number of thioether (sulfide) groups is 1. The average molecular weight is 506 g/mol. The molecule has 0 bridgehead atoms. The monoisotopic (exact) mass is 504 g/mol. The lowest BCUT2D eigenvalue weighted by Crippen LogP contribution is -2.31. The van der Waals surface area contributed by atoms with Crippen LogP contribution in [0, 0.1) is 16.0 Å². The molecule has 32 heavy (non-hydrogen) atoms. The van der Waals surface area contributed by atoms with Gasteiger partial charge in [0.2, 0.25) is 0 Å².